The van der Waals surface area contributed by atoms with Gasteiger partial charge in [-0.15, -0.1) is 6.58 Å². The smallest absolute Gasteiger partial charge is 0.200 e. The molecule has 0 bridgehead atoms. The molecular formula is C26H28O2. The van der Waals surface area contributed by atoms with E-state index in [0.717, 1.165) is 31.4 Å². The zero-order valence-corrected chi connectivity index (χ0v) is 16.6. The van der Waals surface area contributed by atoms with Crippen LogP contribution < -0.4 is 4.74 Å². The van der Waals surface area contributed by atoms with Crippen molar-refractivity contribution in [3.8, 4) is 16.9 Å². The molecule has 0 N–H and O–H groups in total. The van der Waals surface area contributed by atoms with Crippen LogP contribution in [0.5, 0.6) is 5.75 Å². The molecule has 0 amide bonds. The molecule has 2 nitrogen and oxygen atoms in total. The molecule has 0 saturated heterocycles. The average Bonchev–Trinajstić information content (AvgIpc) is 2.74. The van der Waals surface area contributed by atoms with E-state index in [1.807, 2.05) is 13.0 Å². The highest BCUT2D eigenvalue weighted by Gasteiger charge is 2.30. The van der Waals surface area contributed by atoms with E-state index >= 15 is 0 Å². The van der Waals surface area contributed by atoms with Crippen LogP contribution >= 0.6 is 0 Å². The van der Waals surface area contributed by atoms with E-state index in [-0.39, 0.29) is 6.29 Å². The van der Waals surface area contributed by atoms with Gasteiger partial charge in [-0.05, 0) is 60.2 Å². The van der Waals surface area contributed by atoms with Gasteiger partial charge in [0.2, 0.25) is 0 Å². The summed E-state index contributed by atoms with van der Waals surface area (Å²) in [5.41, 5.74) is 3.85. The van der Waals surface area contributed by atoms with E-state index in [0.29, 0.717) is 12.5 Å². The molecule has 1 aliphatic rings. The lowest BCUT2D eigenvalue weighted by Crippen LogP contribution is -2.28. The lowest BCUT2D eigenvalue weighted by Gasteiger charge is -2.33. The predicted octanol–water partition coefficient (Wildman–Crippen LogP) is 7.09. The lowest BCUT2D eigenvalue weighted by molar-refractivity contribution is -0.0912. The molecule has 0 aliphatic carbocycles. The number of fused-ring (bicyclic) bond motifs is 3. The van der Waals surface area contributed by atoms with Gasteiger partial charge in [0.1, 0.15) is 5.75 Å². The first-order valence-corrected chi connectivity index (χ1v) is 10.3. The van der Waals surface area contributed by atoms with Gasteiger partial charge in [-0.25, -0.2) is 0 Å². The van der Waals surface area contributed by atoms with Crippen LogP contribution in [-0.4, -0.2) is 12.9 Å². The van der Waals surface area contributed by atoms with Crippen LogP contribution in [0.4, 0.5) is 0 Å². The fourth-order valence-electron chi connectivity index (χ4n) is 4.27. The van der Waals surface area contributed by atoms with Crippen molar-refractivity contribution in [3.63, 3.8) is 0 Å². The fourth-order valence-corrected chi connectivity index (χ4v) is 4.27. The normalized spacial score (nSPS) is 18.5. The van der Waals surface area contributed by atoms with Crippen molar-refractivity contribution >= 4 is 10.8 Å². The van der Waals surface area contributed by atoms with Gasteiger partial charge in [-0.1, -0.05) is 60.7 Å². The van der Waals surface area contributed by atoms with E-state index < -0.39 is 0 Å². The zero-order chi connectivity index (χ0) is 19.3. The summed E-state index contributed by atoms with van der Waals surface area (Å²) in [7, 11) is 0. The minimum atomic E-state index is -0.169. The summed E-state index contributed by atoms with van der Waals surface area (Å²) in [4.78, 5) is 0. The number of ether oxygens (including phenoxy) is 2. The monoisotopic (exact) mass is 372 g/mol. The zero-order valence-electron chi connectivity index (χ0n) is 16.6. The van der Waals surface area contributed by atoms with E-state index in [1.54, 1.807) is 0 Å². The number of rotatable bonds is 7. The van der Waals surface area contributed by atoms with Crippen molar-refractivity contribution in [2.24, 2.45) is 0 Å². The Labute approximate surface area is 167 Å². The molecule has 0 aromatic heterocycles. The number of hydrogen-bond acceptors (Lipinski definition) is 2. The molecule has 1 heterocycles. The molecule has 1 aliphatic heterocycles. The van der Waals surface area contributed by atoms with Gasteiger partial charge in [0.25, 0.3) is 0 Å². The summed E-state index contributed by atoms with van der Waals surface area (Å²) in [6.07, 6.45) is 6.06. The van der Waals surface area contributed by atoms with Crippen LogP contribution in [0.1, 0.15) is 44.1 Å². The van der Waals surface area contributed by atoms with Crippen molar-refractivity contribution in [1.82, 2.24) is 0 Å². The molecule has 0 unspecified atom stereocenters. The Bertz CT molecular complexity index is 945. The largest absolute Gasteiger partial charge is 0.464 e. The third kappa shape index (κ3) is 3.70. The molecule has 3 aromatic rings. The number of unbranched alkanes of at least 4 members (excludes halogenated alkanes) is 1. The highest BCUT2D eigenvalue weighted by atomic mass is 16.7. The second-order valence-electron chi connectivity index (χ2n) is 7.41. The van der Waals surface area contributed by atoms with E-state index in [4.69, 9.17) is 9.47 Å². The first-order valence-electron chi connectivity index (χ1n) is 10.3. The first kappa shape index (κ1) is 18.8. The molecule has 0 fully saturated rings. The quantitative estimate of drug-likeness (QED) is 0.325. The summed E-state index contributed by atoms with van der Waals surface area (Å²) < 4.78 is 12.3. The molecule has 2 atom stereocenters. The predicted molar refractivity (Wildman–Crippen MR) is 117 cm³/mol. The van der Waals surface area contributed by atoms with Gasteiger partial charge in [0.05, 0.1) is 0 Å². The standard InChI is InChI=1S/C26H28O2/c1-3-5-7-14-20-17-25(27-4-2)28-26-22-16-11-10-15-21(22)23(18-24(20)26)19-12-8-6-9-13-19/h3,6,8-13,15-16,18,20,25H,1,4-5,7,14,17H2,2H3/t20-,25-/m1/s1. The number of hydrogen-bond donors (Lipinski definition) is 0. The van der Waals surface area contributed by atoms with Gasteiger partial charge in [-0.3, -0.25) is 0 Å². The van der Waals surface area contributed by atoms with Crippen molar-refractivity contribution < 1.29 is 9.47 Å². The van der Waals surface area contributed by atoms with Crippen molar-refractivity contribution in [3.05, 3.63) is 78.9 Å². The van der Waals surface area contributed by atoms with Crippen molar-refractivity contribution in [2.45, 2.75) is 44.8 Å². The molecule has 28 heavy (non-hydrogen) atoms. The molecule has 0 spiro atoms. The van der Waals surface area contributed by atoms with E-state index in [1.165, 1.54) is 27.5 Å². The third-order valence-corrected chi connectivity index (χ3v) is 5.59. The maximum Gasteiger partial charge on any atom is 0.200 e. The first-order chi connectivity index (χ1) is 13.8. The molecular weight excluding hydrogens is 344 g/mol. The summed E-state index contributed by atoms with van der Waals surface area (Å²) in [5, 5.41) is 2.41. The maximum atomic E-state index is 6.37. The average molecular weight is 373 g/mol. The Hall–Kier alpha value is -2.58. The lowest BCUT2D eigenvalue weighted by atomic mass is 9.83. The Kier molecular flexibility index (Phi) is 5.78. The number of allylic oxidation sites excluding steroid dienone is 1. The molecule has 0 radical (unpaired) electrons. The van der Waals surface area contributed by atoms with Gasteiger partial charge in [0.15, 0.2) is 6.29 Å². The Balaban J connectivity index is 1.86. The minimum absolute atomic E-state index is 0.169. The minimum Gasteiger partial charge on any atom is -0.464 e. The van der Waals surface area contributed by atoms with Crippen molar-refractivity contribution in [2.75, 3.05) is 6.61 Å². The van der Waals surface area contributed by atoms with Gasteiger partial charge in [0, 0.05) is 18.4 Å². The molecule has 2 heteroatoms. The van der Waals surface area contributed by atoms with E-state index in [9.17, 15) is 0 Å². The SMILES string of the molecule is C=CCCC[C@@H]1C[C@H](OCC)Oc2c1cc(-c1ccccc1)c1ccccc21. The van der Waals surface area contributed by atoms with Gasteiger partial charge in [-0.2, -0.15) is 0 Å². The van der Waals surface area contributed by atoms with Crippen molar-refractivity contribution in [1.29, 1.82) is 0 Å². The van der Waals surface area contributed by atoms with Crippen LogP contribution in [-0.2, 0) is 4.74 Å². The second-order valence-corrected chi connectivity index (χ2v) is 7.41. The Morgan fingerprint density at radius 1 is 1.07 bits per heavy atom. The summed E-state index contributed by atoms with van der Waals surface area (Å²) in [6.45, 7) is 6.57. The van der Waals surface area contributed by atoms with Crippen LogP contribution in [0.25, 0.3) is 21.9 Å². The molecule has 4 rings (SSSR count). The van der Waals surface area contributed by atoms with E-state index in [2.05, 4.69) is 67.2 Å². The maximum absolute atomic E-state index is 6.37. The van der Waals surface area contributed by atoms with Gasteiger partial charge >= 0.3 is 0 Å². The summed E-state index contributed by atoms with van der Waals surface area (Å²) >= 11 is 0. The number of benzene rings is 3. The van der Waals surface area contributed by atoms with Gasteiger partial charge < -0.3 is 9.47 Å². The second kappa shape index (κ2) is 8.62. The van der Waals surface area contributed by atoms with Crippen LogP contribution in [0, 0.1) is 0 Å². The van der Waals surface area contributed by atoms with Crippen LogP contribution in [0.3, 0.4) is 0 Å². The highest BCUT2D eigenvalue weighted by molar-refractivity contribution is 6.01. The molecule has 144 valence electrons. The topological polar surface area (TPSA) is 18.5 Å². The Morgan fingerprint density at radius 2 is 1.82 bits per heavy atom. The summed E-state index contributed by atoms with van der Waals surface area (Å²) in [5.74, 6) is 1.44. The molecule has 3 aromatic carbocycles. The Morgan fingerprint density at radius 3 is 2.57 bits per heavy atom. The van der Waals surface area contributed by atoms with Crippen LogP contribution in [0.15, 0.2) is 73.3 Å². The third-order valence-electron chi connectivity index (χ3n) is 5.59. The summed E-state index contributed by atoms with van der Waals surface area (Å²) in [6, 6.07) is 21.6. The highest BCUT2D eigenvalue weighted by Crippen LogP contribution is 2.46. The van der Waals surface area contributed by atoms with Crippen LogP contribution in [0.2, 0.25) is 0 Å². The molecule has 0 saturated carbocycles. The fraction of sp³-hybridized carbons (Fsp3) is 0.308.